The van der Waals surface area contributed by atoms with E-state index in [9.17, 15) is 9.59 Å². The van der Waals surface area contributed by atoms with Gasteiger partial charge in [-0.05, 0) is 100 Å². The van der Waals surface area contributed by atoms with E-state index in [2.05, 4.69) is 22.0 Å². The van der Waals surface area contributed by atoms with E-state index in [4.69, 9.17) is 14.2 Å². The SMILES string of the molecule is COC(=O)c1cccc(N(CCCC2(C3CCN(C(=O)OC(C)(C)C)CC3)CC2)Cc2ccc(OC)cc2)n1. The molecule has 39 heavy (non-hydrogen) atoms. The standard InChI is InChI=1S/C31H43N3O5/c1-30(2,3)39-29(36)33-20-14-24(15-21-33)31(17-18-31)16-7-19-34(22-23-10-12-25(37-4)13-11-23)27-9-6-8-26(32-27)28(35)38-5/h6,8-13,24H,7,14-22H2,1-5H3. The maximum Gasteiger partial charge on any atom is 0.410 e. The van der Waals surface area contributed by atoms with Crippen LogP contribution in [-0.2, 0) is 16.0 Å². The third kappa shape index (κ3) is 7.64. The maximum absolute atomic E-state index is 12.5. The zero-order valence-corrected chi connectivity index (χ0v) is 24.1. The molecule has 1 saturated heterocycles. The summed E-state index contributed by atoms with van der Waals surface area (Å²) in [7, 11) is 3.04. The monoisotopic (exact) mass is 537 g/mol. The molecular weight excluding hydrogens is 494 g/mol. The van der Waals surface area contributed by atoms with Crippen molar-refractivity contribution in [1.29, 1.82) is 0 Å². The average molecular weight is 538 g/mol. The third-order valence-electron chi connectivity index (χ3n) is 7.99. The number of methoxy groups -OCH3 is 2. The summed E-state index contributed by atoms with van der Waals surface area (Å²) in [6.45, 7) is 8.80. The predicted octanol–water partition coefficient (Wildman–Crippen LogP) is 6.09. The van der Waals surface area contributed by atoms with Crippen LogP contribution in [0, 0.1) is 11.3 Å². The highest BCUT2D eigenvalue weighted by molar-refractivity contribution is 5.87. The normalized spacial score (nSPS) is 16.9. The average Bonchev–Trinajstić information content (AvgIpc) is 3.72. The Morgan fingerprint density at radius 3 is 2.33 bits per heavy atom. The molecule has 2 aliphatic rings. The summed E-state index contributed by atoms with van der Waals surface area (Å²) < 4.78 is 15.8. The number of esters is 1. The van der Waals surface area contributed by atoms with Crippen molar-refractivity contribution in [1.82, 2.24) is 9.88 Å². The largest absolute Gasteiger partial charge is 0.497 e. The van der Waals surface area contributed by atoms with E-state index in [-0.39, 0.29) is 6.09 Å². The van der Waals surface area contributed by atoms with Gasteiger partial charge in [-0.2, -0.15) is 0 Å². The second kappa shape index (κ2) is 12.3. The van der Waals surface area contributed by atoms with Crippen LogP contribution >= 0.6 is 0 Å². The van der Waals surface area contributed by atoms with Crippen molar-refractivity contribution in [3.63, 3.8) is 0 Å². The van der Waals surface area contributed by atoms with Gasteiger partial charge < -0.3 is 24.0 Å². The van der Waals surface area contributed by atoms with E-state index >= 15 is 0 Å². The van der Waals surface area contributed by atoms with E-state index in [1.165, 1.54) is 20.0 Å². The Balaban J connectivity index is 1.38. The van der Waals surface area contributed by atoms with Gasteiger partial charge in [0.2, 0.25) is 0 Å². The van der Waals surface area contributed by atoms with Gasteiger partial charge in [0, 0.05) is 26.2 Å². The number of carbonyl (C=O) groups excluding carboxylic acids is 2. The summed E-state index contributed by atoms with van der Waals surface area (Å²) in [6, 6.07) is 13.6. The van der Waals surface area contributed by atoms with E-state index in [1.807, 2.05) is 49.9 Å². The Kier molecular flexibility index (Phi) is 9.03. The molecule has 2 aromatic rings. The molecule has 0 radical (unpaired) electrons. The fourth-order valence-corrected chi connectivity index (χ4v) is 5.69. The number of pyridine rings is 1. The lowest BCUT2D eigenvalue weighted by Crippen LogP contribution is -2.43. The molecule has 0 bridgehead atoms. The smallest absolute Gasteiger partial charge is 0.410 e. The number of amides is 1. The number of rotatable bonds is 10. The molecule has 1 aliphatic heterocycles. The van der Waals surface area contributed by atoms with Crippen LogP contribution < -0.4 is 9.64 Å². The summed E-state index contributed by atoms with van der Waals surface area (Å²) >= 11 is 0. The molecule has 2 fully saturated rings. The molecule has 0 N–H and O–H groups in total. The number of hydrogen-bond acceptors (Lipinski definition) is 7. The van der Waals surface area contributed by atoms with Gasteiger partial charge in [0.1, 0.15) is 17.2 Å². The number of carbonyl (C=O) groups is 2. The first-order chi connectivity index (χ1) is 18.6. The highest BCUT2D eigenvalue weighted by Crippen LogP contribution is 2.58. The molecule has 1 amide bonds. The Hall–Kier alpha value is -3.29. The lowest BCUT2D eigenvalue weighted by atomic mass is 9.79. The first-order valence-corrected chi connectivity index (χ1v) is 14.0. The van der Waals surface area contributed by atoms with Crippen molar-refractivity contribution in [3.8, 4) is 5.75 Å². The van der Waals surface area contributed by atoms with Crippen LogP contribution in [0.3, 0.4) is 0 Å². The van der Waals surface area contributed by atoms with Crippen LogP contribution in [0.2, 0.25) is 0 Å². The van der Waals surface area contributed by atoms with Crippen LogP contribution in [0.5, 0.6) is 5.75 Å². The van der Waals surface area contributed by atoms with Gasteiger partial charge in [-0.15, -0.1) is 0 Å². The Labute approximate surface area is 232 Å². The van der Waals surface area contributed by atoms with E-state index < -0.39 is 11.6 Å². The number of ether oxygens (including phenoxy) is 3. The van der Waals surface area contributed by atoms with Crippen molar-refractivity contribution >= 4 is 17.9 Å². The first kappa shape index (κ1) is 28.7. The van der Waals surface area contributed by atoms with Crippen LogP contribution in [0.15, 0.2) is 42.5 Å². The van der Waals surface area contributed by atoms with Gasteiger partial charge in [-0.25, -0.2) is 14.6 Å². The molecule has 1 aliphatic carbocycles. The number of aromatic nitrogens is 1. The van der Waals surface area contributed by atoms with E-state index in [0.29, 0.717) is 23.6 Å². The van der Waals surface area contributed by atoms with Crippen LogP contribution in [0.4, 0.5) is 10.6 Å². The number of likely N-dealkylation sites (tertiary alicyclic amines) is 1. The third-order valence-corrected chi connectivity index (χ3v) is 7.99. The molecule has 0 unspecified atom stereocenters. The van der Waals surface area contributed by atoms with Crippen LogP contribution in [-0.4, -0.2) is 61.4 Å². The first-order valence-electron chi connectivity index (χ1n) is 14.0. The van der Waals surface area contributed by atoms with Crippen molar-refractivity contribution in [2.24, 2.45) is 11.3 Å². The topological polar surface area (TPSA) is 81.2 Å². The number of piperidine rings is 1. The zero-order valence-electron chi connectivity index (χ0n) is 24.1. The highest BCUT2D eigenvalue weighted by atomic mass is 16.6. The van der Waals surface area contributed by atoms with Gasteiger partial charge in [0.05, 0.1) is 14.2 Å². The quantitative estimate of drug-likeness (QED) is 0.339. The molecule has 1 aromatic heterocycles. The van der Waals surface area contributed by atoms with Crippen LogP contribution in [0.25, 0.3) is 0 Å². The maximum atomic E-state index is 12.5. The van der Waals surface area contributed by atoms with Crippen molar-refractivity contribution in [2.45, 2.75) is 71.4 Å². The molecule has 0 spiro atoms. The molecule has 2 heterocycles. The molecule has 8 nitrogen and oxygen atoms in total. The Morgan fingerprint density at radius 2 is 1.74 bits per heavy atom. The number of nitrogens with zero attached hydrogens (tertiary/aromatic N) is 3. The summed E-state index contributed by atoms with van der Waals surface area (Å²) in [5, 5.41) is 0. The van der Waals surface area contributed by atoms with Crippen molar-refractivity contribution < 1.29 is 23.8 Å². The van der Waals surface area contributed by atoms with E-state index in [0.717, 1.165) is 62.4 Å². The summed E-state index contributed by atoms with van der Waals surface area (Å²) in [4.78, 5) is 33.4. The minimum absolute atomic E-state index is 0.193. The molecule has 1 saturated carbocycles. The molecule has 1 aromatic carbocycles. The number of anilines is 1. The van der Waals surface area contributed by atoms with Gasteiger partial charge in [0.15, 0.2) is 5.69 Å². The van der Waals surface area contributed by atoms with Crippen LogP contribution in [0.1, 0.15) is 75.3 Å². The molecule has 0 atom stereocenters. The predicted molar refractivity (Wildman–Crippen MR) is 151 cm³/mol. The fourth-order valence-electron chi connectivity index (χ4n) is 5.69. The lowest BCUT2D eigenvalue weighted by Gasteiger charge is -2.37. The second-order valence-corrected chi connectivity index (χ2v) is 11.8. The zero-order chi connectivity index (χ0) is 28.0. The second-order valence-electron chi connectivity index (χ2n) is 11.8. The molecule has 212 valence electrons. The van der Waals surface area contributed by atoms with Gasteiger partial charge in [0.25, 0.3) is 0 Å². The summed E-state index contributed by atoms with van der Waals surface area (Å²) in [5.41, 5.74) is 1.38. The number of hydrogen-bond donors (Lipinski definition) is 0. The molecule has 4 rings (SSSR count). The molecule has 8 heteroatoms. The van der Waals surface area contributed by atoms with Crippen molar-refractivity contribution in [3.05, 3.63) is 53.7 Å². The van der Waals surface area contributed by atoms with Gasteiger partial charge in [-0.1, -0.05) is 18.2 Å². The lowest BCUT2D eigenvalue weighted by molar-refractivity contribution is 0.0146. The number of benzene rings is 1. The molecular formula is C31H43N3O5. The van der Waals surface area contributed by atoms with E-state index in [1.54, 1.807) is 13.2 Å². The summed E-state index contributed by atoms with van der Waals surface area (Å²) in [5.74, 6) is 1.80. The summed E-state index contributed by atoms with van der Waals surface area (Å²) in [6.07, 6.45) is 6.60. The minimum atomic E-state index is -0.464. The van der Waals surface area contributed by atoms with Crippen molar-refractivity contribution in [2.75, 3.05) is 38.8 Å². The Morgan fingerprint density at radius 1 is 1.05 bits per heavy atom. The van der Waals surface area contributed by atoms with Gasteiger partial charge in [-0.3, -0.25) is 0 Å². The van der Waals surface area contributed by atoms with Gasteiger partial charge >= 0.3 is 12.1 Å². The highest BCUT2D eigenvalue weighted by Gasteiger charge is 2.49. The Bertz CT molecular complexity index is 1120. The fraction of sp³-hybridized carbons (Fsp3) is 0.581. The minimum Gasteiger partial charge on any atom is -0.497 e.